The normalized spacial score (nSPS) is 18.5. The molecule has 1 saturated heterocycles. The van der Waals surface area contributed by atoms with Crippen LogP contribution >= 0.6 is 0 Å². The van der Waals surface area contributed by atoms with E-state index < -0.39 is 0 Å². The van der Waals surface area contributed by atoms with Crippen LogP contribution in [0.1, 0.15) is 12.8 Å². The van der Waals surface area contributed by atoms with E-state index in [2.05, 4.69) is 11.0 Å². The minimum absolute atomic E-state index is 0.118. The molecule has 0 amide bonds. The molecular weight excluding hydrogens is 176 g/mol. The molecule has 14 heavy (non-hydrogen) atoms. The molecular formula is C11H16N2O. The first kappa shape index (κ1) is 9.34. The molecule has 76 valence electrons. The second-order valence-corrected chi connectivity index (χ2v) is 3.81. The van der Waals surface area contributed by atoms with Gasteiger partial charge in [0.2, 0.25) is 0 Å². The average Bonchev–Trinajstić information content (AvgIpc) is 2.19. The number of hydrogen-bond acceptors (Lipinski definition) is 3. The summed E-state index contributed by atoms with van der Waals surface area (Å²) in [5.74, 6) is 0. The van der Waals surface area contributed by atoms with Crippen molar-refractivity contribution in [1.29, 1.82) is 0 Å². The molecule has 3 N–H and O–H groups in total. The van der Waals surface area contributed by atoms with Crippen LogP contribution in [-0.4, -0.2) is 24.3 Å². The van der Waals surface area contributed by atoms with Crippen molar-refractivity contribution in [2.24, 2.45) is 0 Å². The van der Waals surface area contributed by atoms with Crippen molar-refractivity contribution in [2.45, 2.75) is 18.9 Å². The SMILES string of the molecule is Nc1cccc(N2CCC(O)CC2)c1. The smallest absolute Gasteiger partial charge is 0.0574 e. The first-order valence-electron chi connectivity index (χ1n) is 5.04. The Morgan fingerprint density at radius 3 is 2.64 bits per heavy atom. The van der Waals surface area contributed by atoms with E-state index in [1.54, 1.807) is 0 Å². The molecule has 1 fully saturated rings. The van der Waals surface area contributed by atoms with Gasteiger partial charge in [-0.2, -0.15) is 0 Å². The molecule has 1 aliphatic heterocycles. The number of anilines is 2. The van der Waals surface area contributed by atoms with Gasteiger partial charge in [-0.05, 0) is 31.0 Å². The van der Waals surface area contributed by atoms with Crippen LogP contribution in [0.15, 0.2) is 24.3 Å². The highest BCUT2D eigenvalue weighted by molar-refractivity contribution is 5.56. The van der Waals surface area contributed by atoms with Crippen LogP contribution < -0.4 is 10.6 Å². The van der Waals surface area contributed by atoms with Crippen molar-refractivity contribution in [3.63, 3.8) is 0 Å². The Balaban J connectivity index is 2.08. The number of nitrogen functional groups attached to an aromatic ring is 1. The number of rotatable bonds is 1. The molecule has 0 aliphatic carbocycles. The van der Waals surface area contributed by atoms with Crippen molar-refractivity contribution < 1.29 is 5.11 Å². The second-order valence-electron chi connectivity index (χ2n) is 3.81. The summed E-state index contributed by atoms with van der Waals surface area (Å²) in [6.45, 7) is 1.84. The fourth-order valence-corrected chi connectivity index (χ4v) is 1.85. The van der Waals surface area contributed by atoms with E-state index >= 15 is 0 Å². The minimum Gasteiger partial charge on any atom is -0.399 e. The summed E-state index contributed by atoms with van der Waals surface area (Å²) in [4.78, 5) is 2.27. The van der Waals surface area contributed by atoms with Gasteiger partial charge in [-0.15, -0.1) is 0 Å². The van der Waals surface area contributed by atoms with E-state index in [9.17, 15) is 5.11 Å². The summed E-state index contributed by atoms with van der Waals surface area (Å²) < 4.78 is 0. The topological polar surface area (TPSA) is 49.5 Å². The fraction of sp³-hybridized carbons (Fsp3) is 0.455. The monoisotopic (exact) mass is 192 g/mol. The number of benzene rings is 1. The molecule has 0 unspecified atom stereocenters. The predicted molar refractivity (Wildman–Crippen MR) is 58.3 cm³/mol. The lowest BCUT2D eigenvalue weighted by Crippen LogP contribution is -2.35. The van der Waals surface area contributed by atoms with E-state index in [0.29, 0.717) is 0 Å². The lowest BCUT2D eigenvalue weighted by molar-refractivity contribution is 0.145. The average molecular weight is 192 g/mol. The molecule has 0 spiro atoms. The molecule has 3 heteroatoms. The zero-order chi connectivity index (χ0) is 9.97. The standard InChI is InChI=1S/C11H16N2O/c12-9-2-1-3-10(8-9)13-6-4-11(14)5-7-13/h1-3,8,11,14H,4-7,12H2. The third-order valence-corrected chi connectivity index (χ3v) is 2.70. The van der Waals surface area contributed by atoms with Crippen LogP contribution in [-0.2, 0) is 0 Å². The molecule has 1 aromatic carbocycles. The summed E-state index contributed by atoms with van der Waals surface area (Å²) in [6, 6.07) is 7.91. The minimum atomic E-state index is -0.118. The van der Waals surface area contributed by atoms with Gasteiger partial charge in [0, 0.05) is 24.5 Å². The fourth-order valence-electron chi connectivity index (χ4n) is 1.85. The number of aliphatic hydroxyl groups is 1. The number of nitrogens with two attached hydrogens (primary N) is 1. The lowest BCUT2D eigenvalue weighted by Gasteiger charge is -2.31. The Morgan fingerprint density at radius 2 is 2.00 bits per heavy atom. The van der Waals surface area contributed by atoms with E-state index in [4.69, 9.17) is 5.73 Å². The van der Waals surface area contributed by atoms with E-state index in [1.807, 2.05) is 18.2 Å². The first-order valence-corrected chi connectivity index (χ1v) is 5.04. The van der Waals surface area contributed by atoms with Crippen LogP contribution in [0.5, 0.6) is 0 Å². The molecule has 0 bridgehead atoms. The molecule has 1 aromatic rings. The van der Waals surface area contributed by atoms with Crippen LogP contribution in [0, 0.1) is 0 Å². The van der Waals surface area contributed by atoms with Gasteiger partial charge in [0.05, 0.1) is 6.10 Å². The zero-order valence-electron chi connectivity index (χ0n) is 8.19. The maximum Gasteiger partial charge on any atom is 0.0574 e. The van der Waals surface area contributed by atoms with Gasteiger partial charge in [0.25, 0.3) is 0 Å². The quantitative estimate of drug-likeness (QED) is 0.658. The molecule has 0 saturated carbocycles. The van der Waals surface area contributed by atoms with E-state index in [0.717, 1.165) is 37.3 Å². The van der Waals surface area contributed by atoms with Crippen LogP contribution in [0.3, 0.4) is 0 Å². The molecule has 3 nitrogen and oxygen atoms in total. The molecule has 0 radical (unpaired) electrons. The maximum absolute atomic E-state index is 9.38. The maximum atomic E-state index is 9.38. The highest BCUT2D eigenvalue weighted by Crippen LogP contribution is 2.21. The van der Waals surface area contributed by atoms with Gasteiger partial charge in [0.1, 0.15) is 0 Å². The Hall–Kier alpha value is -1.22. The number of aliphatic hydroxyl groups excluding tert-OH is 1. The van der Waals surface area contributed by atoms with Crippen LogP contribution in [0.25, 0.3) is 0 Å². The van der Waals surface area contributed by atoms with Crippen LogP contribution in [0.4, 0.5) is 11.4 Å². The highest BCUT2D eigenvalue weighted by atomic mass is 16.3. The van der Waals surface area contributed by atoms with Gasteiger partial charge in [-0.25, -0.2) is 0 Å². The number of hydrogen-bond donors (Lipinski definition) is 2. The summed E-state index contributed by atoms with van der Waals surface area (Å²) in [6.07, 6.45) is 1.59. The number of piperidine rings is 1. The number of nitrogens with zero attached hydrogens (tertiary/aromatic N) is 1. The van der Waals surface area contributed by atoms with Gasteiger partial charge >= 0.3 is 0 Å². The Labute approximate surface area is 84.1 Å². The van der Waals surface area contributed by atoms with Gasteiger partial charge in [-0.1, -0.05) is 6.07 Å². The lowest BCUT2D eigenvalue weighted by atomic mass is 10.1. The van der Waals surface area contributed by atoms with E-state index in [-0.39, 0.29) is 6.10 Å². The van der Waals surface area contributed by atoms with Crippen molar-refractivity contribution in [3.8, 4) is 0 Å². The van der Waals surface area contributed by atoms with Gasteiger partial charge in [0.15, 0.2) is 0 Å². The zero-order valence-corrected chi connectivity index (χ0v) is 8.19. The highest BCUT2D eigenvalue weighted by Gasteiger charge is 2.16. The predicted octanol–water partition coefficient (Wildman–Crippen LogP) is 1.23. The van der Waals surface area contributed by atoms with Crippen LogP contribution in [0.2, 0.25) is 0 Å². The van der Waals surface area contributed by atoms with E-state index in [1.165, 1.54) is 0 Å². The summed E-state index contributed by atoms with van der Waals surface area (Å²) in [5, 5.41) is 9.38. The van der Waals surface area contributed by atoms with Crippen molar-refractivity contribution in [3.05, 3.63) is 24.3 Å². The van der Waals surface area contributed by atoms with Crippen molar-refractivity contribution >= 4 is 11.4 Å². The Bertz CT molecular complexity index is 306. The van der Waals surface area contributed by atoms with Gasteiger partial charge in [-0.3, -0.25) is 0 Å². The molecule has 0 atom stereocenters. The summed E-state index contributed by atoms with van der Waals surface area (Å²) in [5.41, 5.74) is 7.68. The third kappa shape index (κ3) is 1.99. The van der Waals surface area contributed by atoms with Gasteiger partial charge < -0.3 is 15.7 Å². The third-order valence-electron chi connectivity index (χ3n) is 2.70. The second kappa shape index (κ2) is 3.88. The molecule has 1 aliphatic rings. The molecule has 0 aromatic heterocycles. The molecule has 2 rings (SSSR count). The Kier molecular flexibility index (Phi) is 2.59. The summed E-state index contributed by atoms with van der Waals surface area (Å²) in [7, 11) is 0. The Morgan fingerprint density at radius 1 is 1.29 bits per heavy atom. The first-order chi connectivity index (χ1) is 6.75. The largest absolute Gasteiger partial charge is 0.399 e. The van der Waals surface area contributed by atoms with Crippen molar-refractivity contribution in [1.82, 2.24) is 0 Å². The summed E-state index contributed by atoms with van der Waals surface area (Å²) >= 11 is 0. The van der Waals surface area contributed by atoms with Crippen molar-refractivity contribution in [2.75, 3.05) is 23.7 Å². The molecule has 1 heterocycles.